The van der Waals surface area contributed by atoms with Gasteiger partial charge < -0.3 is 15.1 Å². The van der Waals surface area contributed by atoms with Crippen molar-refractivity contribution >= 4 is 6.01 Å². The van der Waals surface area contributed by atoms with Crippen molar-refractivity contribution in [3.63, 3.8) is 0 Å². The zero-order valence-electron chi connectivity index (χ0n) is 8.16. The summed E-state index contributed by atoms with van der Waals surface area (Å²) in [6.45, 7) is 6.40. The lowest BCUT2D eigenvalue weighted by Gasteiger charge is -2.13. The zero-order chi connectivity index (χ0) is 9.68. The van der Waals surface area contributed by atoms with Crippen LogP contribution in [0.5, 0.6) is 0 Å². The molecule has 0 spiro atoms. The minimum absolute atomic E-state index is 0.542. The summed E-state index contributed by atoms with van der Waals surface area (Å²) < 4.78 is 5.39. The van der Waals surface area contributed by atoms with Gasteiger partial charge in [0.15, 0.2) is 0 Å². The van der Waals surface area contributed by atoms with E-state index in [0.717, 1.165) is 13.1 Å². The van der Waals surface area contributed by atoms with Crippen LogP contribution in [0.15, 0.2) is 4.42 Å². The Morgan fingerprint density at radius 1 is 1.31 bits per heavy atom. The first-order valence-electron chi connectivity index (χ1n) is 4.59. The summed E-state index contributed by atoms with van der Waals surface area (Å²) in [5.74, 6) is 0.615. The average Bonchev–Trinajstić information content (AvgIpc) is 2.56. The quantitative estimate of drug-likeness (QED) is 0.718. The number of hydrogen-bond donors (Lipinski definition) is 1. The van der Waals surface area contributed by atoms with Gasteiger partial charge in [0.05, 0.1) is 0 Å². The first kappa shape index (κ1) is 9.98. The number of anilines is 1. The molecule has 1 aromatic heterocycles. The Kier molecular flexibility index (Phi) is 3.70. The molecule has 74 valence electrons. The van der Waals surface area contributed by atoms with Gasteiger partial charge >= 0.3 is 6.01 Å². The molecule has 0 atom stereocenters. The lowest BCUT2D eigenvalue weighted by atomic mass is 10.4. The lowest BCUT2D eigenvalue weighted by Crippen LogP contribution is -2.22. The number of rotatable bonds is 5. The molecule has 2 N–H and O–H groups in total. The van der Waals surface area contributed by atoms with Crippen molar-refractivity contribution in [3.8, 4) is 0 Å². The van der Waals surface area contributed by atoms with Crippen molar-refractivity contribution in [2.75, 3.05) is 24.5 Å². The SMILES string of the molecule is CCN(CC)c1nnc(CCN)o1. The molecule has 13 heavy (non-hydrogen) atoms. The summed E-state index contributed by atoms with van der Waals surface area (Å²) >= 11 is 0. The highest BCUT2D eigenvalue weighted by Gasteiger charge is 2.09. The Hall–Kier alpha value is -1.10. The highest BCUT2D eigenvalue weighted by atomic mass is 16.4. The monoisotopic (exact) mass is 184 g/mol. The molecule has 1 aromatic rings. The van der Waals surface area contributed by atoms with E-state index in [9.17, 15) is 0 Å². The Morgan fingerprint density at radius 2 is 2.00 bits per heavy atom. The van der Waals surface area contributed by atoms with Gasteiger partial charge in [0.2, 0.25) is 5.89 Å². The van der Waals surface area contributed by atoms with E-state index < -0.39 is 0 Å². The van der Waals surface area contributed by atoms with Gasteiger partial charge in [-0.15, -0.1) is 5.10 Å². The summed E-state index contributed by atoms with van der Waals surface area (Å²) in [7, 11) is 0. The van der Waals surface area contributed by atoms with E-state index in [0.29, 0.717) is 24.9 Å². The molecule has 0 aliphatic carbocycles. The van der Waals surface area contributed by atoms with Crippen LogP contribution in [0.3, 0.4) is 0 Å². The number of nitrogens with two attached hydrogens (primary N) is 1. The van der Waals surface area contributed by atoms with Gasteiger partial charge in [0.25, 0.3) is 0 Å². The largest absolute Gasteiger partial charge is 0.408 e. The topological polar surface area (TPSA) is 68.2 Å². The molecule has 1 rings (SSSR count). The molecule has 0 fully saturated rings. The van der Waals surface area contributed by atoms with Gasteiger partial charge in [-0.1, -0.05) is 5.10 Å². The average molecular weight is 184 g/mol. The van der Waals surface area contributed by atoms with Gasteiger partial charge in [0, 0.05) is 26.1 Å². The standard InChI is InChI=1S/C8H16N4O/c1-3-12(4-2)8-11-10-7(13-8)5-6-9/h3-6,9H2,1-2H3. The molecule has 0 radical (unpaired) electrons. The Bertz CT molecular complexity index is 244. The second kappa shape index (κ2) is 4.81. The molecule has 0 unspecified atom stereocenters. The number of aromatic nitrogens is 2. The van der Waals surface area contributed by atoms with Crippen molar-refractivity contribution < 1.29 is 4.42 Å². The molecule has 0 bridgehead atoms. The highest BCUT2D eigenvalue weighted by molar-refractivity contribution is 5.22. The number of nitrogens with zero attached hydrogens (tertiary/aromatic N) is 3. The first-order valence-corrected chi connectivity index (χ1v) is 4.59. The molecule has 0 aliphatic rings. The van der Waals surface area contributed by atoms with Gasteiger partial charge in [-0.25, -0.2) is 0 Å². The summed E-state index contributed by atoms with van der Waals surface area (Å²) in [5.41, 5.74) is 5.37. The maximum Gasteiger partial charge on any atom is 0.318 e. The molecule has 5 heteroatoms. The first-order chi connectivity index (χ1) is 6.31. The summed E-state index contributed by atoms with van der Waals surface area (Å²) in [5, 5.41) is 7.81. The van der Waals surface area contributed by atoms with Crippen molar-refractivity contribution in [1.82, 2.24) is 10.2 Å². The van der Waals surface area contributed by atoms with Gasteiger partial charge in [-0.2, -0.15) is 0 Å². The third-order valence-corrected chi connectivity index (χ3v) is 1.85. The lowest BCUT2D eigenvalue weighted by molar-refractivity contribution is 0.487. The van der Waals surface area contributed by atoms with Gasteiger partial charge in [0.1, 0.15) is 0 Å². The third kappa shape index (κ3) is 2.42. The second-order valence-corrected chi connectivity index (χ2v) is 2.69. The van der Waals surface area contributed by atoms with Crippen LogP contribution in [-0.2, 0) is 6.42 Å². The Labute approximate surface area is 77.9 Å². The zero-order valence-corrected chi connectivity index (χ0v) is 8.16. The number of hydrogen-bond acceptors (Lipinski definition) is 5. The maximum atomic E-state index is 5.39. The van der Waals surface area contributed by atoms with E-state index in [1.165, 1.54) is 0 Å². The van der Waals surface area contributed by atoms with Crippen LogP contribution in [0, 0.1) is 0 Å². The van der Waals surface area contributed by atoms with Gasteiger partial charge in [-0.3, -0.25) is 0 Å². The summed E-state index contributed by atoms with van der Waals surface area (Å²) in [6, 6.07) is 0.591. The maximum absolute atomic E-state index is 5.39. The van der Waals surface area contributed by atoms with E-state index in [1.807, 2.05) is 4.90 Å². The molecular formula is C8H16N4O. The third-order valence-electron chi connectivity index (χ3n) is 1.85. The minimum atomic E-state index is 0.542. The van der Waals surface area contributed by atoms with Crippen LogP contribution in [0.1, 0.15) is 19.7 Å². The van der Waals surface area contributed by atoms with Crippen molar-refractivity contribution in [1.29, 1.82) is 0 Å². The molecule has 0 aliphatic heterocycles. The predicted octanol–water partition coefficient (Wildman–Crippen LogP) is 0.417. The van der Waals surface area contributed by atoms with Crippen molar-refractivity contribution in [2.24, 2.45) is 5.73 Å². The fourth-order valence-corrected chi connectivity index (χ4v) is 1.09. The molecule has 5 nitrogen and oxygen atoms in total. The summed E-state index contributed by atoms with van der Waals surface area (Å²) in [6.07, 6.45) is 0.647. The van der Waals surface area contributed by atoms with E-state index >= 15 is 0 Å². The fraction of sp³-hybridized carbons (Fsp3) is 0.750. The van der Waals surface area contributed by atoms with Crippen LogP contribution in [0.4, 0.5) is 6.01 Å². The molecule has 0 saturated carbocycles. The predicted molar refractivity (Wildman–Crippen MR) is 50.6 cm³/mol. The van der Waals surface area contributed by atoms with Crippen LogP contribution >= 0.6 is 0 Å². The Balaban J connectivity index is 2.66. The highest BCUT2D eigenvalue weighted by Crippen LogP contribution is 2.11. The van der Waals surface area contributed by atoms with Crippen LogP contribution in [0.25, 0.3) is 0 Å². The van der Waals surface area contributed by atoms with Crippen molar-refractivity contribution in [2.45, 2.75) is 20.3 Å². The van der Waals surface area contributed by atoms with Crippen LogP contribution in [-0.4, -0.2) is 29.8 Å². The van der Waals surface area contributed by atoms with E-state index in [1.54, 1.807) is 0 Å². The molecule has 0 saturated heterocycles. The molecule has 0 amide bonds. The minimum Gasteiger partial charge on any atom is -0.408 e. The van der Waals surface area contributed by atoms with E-state index in [2.05, 4.69) is 24.0 Å². The van der Waals surface area contributed by atoms with Crippen LogP contribution in [0.2, 0.25) is 0 Å². The smallest absolute Gasteiger partial charge is 0.318 e. The molecule has 0 aromatic carbocycles. The van der Waals surface area contributed by atoms with Crippen LogP contribution < -0.4 is 10.6 Å². The normalized spacial score (nSPS) is 10.4. The van der Waals surface area contributed by atoms with E-state index in [-0.39, 0.29) is 0 Å². The molecule has 1 heterocycles. The van der Waals surface area contributed by atoms with Crippen molar-refractivity contribution in [3.05, 3.63) is 5.89 Å². The fourth-order valence-electron chi connectivity index (χ4n) is 1.09. The van der Waals surface area contributed by atoms with E-state index in [4.69, 9.17) is 10.2 Å². The molecular weight excluding hydrogens is 168 g/mol. The second-order valence-electron chi connectivity index (χ2n) is 2.69. The Morgan fingerprint density at radius 3 is 2.54 bits per heavy atom. The summed E-state index contributed by atoms with van der Waals surface area (Å²) in [4.78, 5) is 2.01. The van der Waals surface area contributed by atoms with Gasteiger partial charge in [-0.05, 0) is 13.8 Å².